The third-order valence-electron chi connectivity index (χ3n) is 3.47. The van der Waals surface area contributed by atoms with Crippen molar-refractivity contribution in [2.24, 2.45) is 5.10 Å². The van der Waals surface area contributed by atoms with Gasteiger partial charge in [0.25, 0.3) is 0 Å². The number of ether oxygens (including phenoxy) is 2. The van der Waals surface area contributed by atoms with Crippen LogP contribution in [0.3, 0.4) is 0 Å². The SMILES string of the molecule is COc1cc(/C=N\NC(=O)OC(C)(C)C)ccc1OS(=O)(=O)c1ccc(C)cc1. The lowest BCUT2D eigenvalue weighted by Crippen LogP contribution is -2.29. The highest BCUT2D eigenvalue weighted by Crippen LogP contribution is 2.30. The molecule has 2 aromatic rings. The number of hydrazone groups is 1. The van der Waals surface area contributed by atoms with E-state index in [1.54, 1.807) is 39.0 Å². The van der Waals surface area contributed by atoms with Crippen molar-refractivity contribution in [3.63, 3.8) is 0 Å². The average molecular weight is 420 g/mol. The number of amides is 1. The fourth-order valence-electron chi connectivity index (χ4n) is 2.16. The summed E-state index contributed by atoms with van der Waals surface area (Å²) in [5.41, 5.74) is 3.10. The molecule has 0 fully saturated rings. The summed E-state index contributed by atoms with van der Waals surface area (Å²) < 4.78 is 40.4. The van der Waals surface area contributed by atoms with Gasteiger partial charge in [-0.2, -0.15) is 13.5 Å². The molecular weight excluding hydrogens is 396 g/mol. The first-order chi connectivity index (χ1) is 13.5. The number of hydrogen-bond acceptors (Lipinski definition) is 7. The van der Waals surface area contributed by atoms with Crippen LogP contribution in [0.1, 0.15) is 31.9 Å². The third-order valence-corrected chi connectivity index (χ3v) is 4.71. The van der Waals surface area contributed by atoms with E-state index in [0.717, 1.165) is 5.56 Å². The van der Waals surface area contributed by atoms with E-state index >= 15 is 0 Å². The van der Waals surface area contributed by atoms with Gasteiger partial charge in [0.05, 0.1) is 13.3 Å². The molecule has 0 unspecified atom stereocenters. The number of benzene rings is 2. The predicted molar refractivity (Wildman–Crippen MR) is 109 cm³/mol. The molecule has 2 aromatic carbocycles. The van der Waals surface area contributed by atoms with Gasteiger partial charge in [-0.05, 0) is 63.6 Å². The first-order valence-electron chi connectivity index (χ1n) is 8.71. The van der Waals surface area contributed by atoms with Crippen LogP contribution >= 0.6 is 0 Å². The summed E-state index contributed by atoms with van der Waals surface area (Å²) in [5.74, 6) is 0.229. The Balaban J connectivity index is 2.13. The number of aryl methyl sites for hydroxylation is 1. The van der Waals surface area contributed by atoms with Crippen LogP contribution in [0.15, 0.2) is 52.5 Å². The molecule has 0 heterocycles. The van der Waals surface area contributed by atoms with Crippen molar-refractivity contribution < 1.29 is 26.9 Å². The van der Waals surface area contributed by atoms with E-state index in [-0.39, 0.29) is 16.4 Å². The Kier molecular flexibility index (Phi) is 6.86. The fourth-order valence-corrected chi connectivity index (χ4v) is 3.10. The molecule has 1 amide bonds. The van der Waals surface area contributed by atoms with Crippen LogP contribution in [0.25, 0.3) is 0 Å². The van der Waals surface area contributed by atoms with Crippen molar-refractivity contribution in [3.05, 3.63) is 53.6 Å². The topological polar surface area (TPSA) is 103 Å². The number of nitrogens with zero attached hydrogens (tertiary/aromatic N) is 1. The first-order valence-corrected chi connectivity index (χ1v) is 10.1. The molecule has 156 valence electrons. The molecule has 0 atom stereocenters. The minimum absolute atomic E-state index is 0.0327. The van der Waals surface area contributed by atoms with Crippen molar-refractivity contribution in [1.82, 2.24) is 5.43 Å². The van der Waals surface area contributed by atoms with Crippen molar-refractivity contribution in [2.75, 3.05) is 7.11 Å². The molecule has 8 nitrogen and oxygen atoms in total. The van der Waals surface area contributed by atoms with E-state index in [4.69, 9.17) is 13.7 Å². The quantitative estimate of drug-likeness (QED) is 0.435. The second-order valence-corrected chi connectivity index (χ2v) is 8.68. The van der Waals surface area contributed by atoms with Gasteiger partial charge in [0.1, 0.15) is 10.5 Å². The molecule has 0 radical (unpaired) electrons. The summed E-state index contributed by atoms with van der Waals surface area (Å²) >= 11 is 0. The molecule has 0 aliphatic carbocycles. The molecule has 1 N–H and O–H groups in total. The Morgan fingerprint density at radius 3 is 2.31 bits per heavy atom. The lowest BCUT2D eigenvalue weighted by molar-refractivity contribution is 0.0529. The lowest BCUT2D eigenvalue weighted by atomic mass is 10.2. The van der Waals surface area contributed by atoms with Gasteiger partial charge < -0.3 is 13.7 Å². The maximum atomic E-state index is 12.5. The number of rotatable bonds is 6. The Labute approximate surface area is 170 Å². The summed E-state index contributed by atoms with van der Waals surface area (Å²) in [6.45, 7) is 7.08. The van der Waals surface area contributed by atoms with Gasteiger partial charge in [-0.1, -0.05) is 17.7 Å². The third kappa shape index (κ3) is 6.79. The van der Waals surface area contributed by atoms with Crippen LogP contribution in [-0.4, -0.2) is 33.4 Å². The van der Waals surface area contributed by atoms with E-state index in [2.05, 4.69) is 10.5 Å². The molecule has 0 saturated heterocycles. The Hall–Kier alpha value is -3.07. The van der Waals surface area contributed by atoms with Gasteiger partial charge >= 0.3 is 16.2 Å². The molecule has 0 saturated carbocycles. The van der Waals surface area contributed by atoms with Crippen LogP contribution < -0.4 is 14.3 Å². The molecule has 0 spiro atoms. The smallest absolute Gasteiger partial charge is 0.428 e. The molecule has 0 aliphatic heterocycles. The summed E-state index contributed by atoms with van der Waals surface area (Å²) in [5, 5.41) is 3.80. The van der Waals surface area contributed by atoms with Crippen LogP contribution in [0.4, 0.5) is 4.79 Å². The van der Waals surface area contributed by atoms with E-state index in [1.807, 2.05) is 6.92 Å². The maximum Gasteiger partial charge on any atom is 0.428 e. The molecule has 0 aliphatic rings. The van der Waals surface area contributed by atoms with E-state index < -0.39 is 21.8 Å². The molecule has 9 heteroatoms. The van der Waals surface area contributed by atoms with Crippen LogP contribution in [0, 0.1) is 6.92 Å². The largest absolute Gasteiger partial charge is 0.493 e. The zero-order chi connectivity index (χ0) is 21.7. The monoisotopic (exact) mass is 420 g/mol. The van der Waals surface area contributed by atoms with Gasteiger partial charge in [-0.25, -0.2) is 10.2 Å². The minimum Gasteiger partial charge on any atom is -0.493 e. The highest BCUT2D eigenvalue weighted by Gasteiger charge is 2.19. The summed E-state index contributed by atoms with van der Waals surface area (Å²) in [6, 6.07) is 10.9. The van der Waals surface area contributed by atoms with Crippen LogP contribution in [-0.2, 0) is 14.9 Å². The maximum absolute atomic E-state index is 12.5. The van der Waals surface area contributed by atoms with Gasteiger partial charge in [0.2, 0.25) is 0 Å². The fraction of sp³-hybridized carbons (Fsp3) is 0.300. The highest BCUT2D eigenvalue weighted by molar-refractivity contribution is 7.87. The van der Waals surface area contributed by atoms with Crippen LogP contribution in [0.2, 0.25) is 0 Å². The highest BCUT2D eigenvalue weighted by atomic mass is 32.2. The number of methoxy groups -OCH3 is 1. The number of carbonyl (C=O) groups is 1. The predicted octanol–water partition coefficient (Wildman–Crippen LogP) is 3.63. The minimum atomic E-state index is -4.01. The summed E-state index contributed by atoms with van der Waals surface area (Å²) in [7, 11) is -2.62. The van der Waals surface area contributed by atoms with Gasteiger partial charge in [0, 0.05) is 0 Å². The zero-order valence-electron chi connectivity index (χ0n) is 16.9. The normalized spacial score (nSPS) is 11.9. The second-order valence-electron chi connectivity index (χ2n) is 7.13. The van der Waals surface area contributed by atoms with Crippen molar-refractivity contribution >= 4 is 22.4 Å². The van der Waals surface area contributed by atoms with Crippen LogP contribution in [0.5, 0.6) is 11.5 Å². The zero-order valence-corrected chi connectivity index (χ0v) is 17.7. The number of hydrogen-bond donors (Lipinski definition) is 1. The molecule has 0 bridgehead atoms. The van der Waals surface area contributed by atoms with Crippen molar-refractivity contribution in [2.45, 2.75) is 38.2 Å². The van der Waals surface area contributed by atoms with Gasteiger partial charge in [0.15, 0.2) is 11.5 Å². The lowest BCUT2D eigenvalue weighted by Gasteiger charge is -2.18. The molecule has 29 heavy (non-hydrogen) atoms. The molecular formula is C20H24N2O6S. The summed E-state index contributed by atoms with van der Waals surface area (Å²) in [6.07, 6.45) is 0.676. The van der Waals surface area contributed by atoms with E-state index in [0.29, 0.717) is 5.56 Å². The van der Waals surface area contributed by atoms with Crippen molar-refractivity contribution in [3.8, 4) is 11.5 Å². The van der Waals surface area contributed by atoms with E-state index in [1.165, 1.54) is 37.6 Å². The molecule has 0 aromatic heterocycles. The Bertz CT molecular complexity index is 993. The number of nitrogens with one attached hydrogen (secondary N) is 1. The van der Waals surface area contributed by atoms with Gasteiger partial charge in [-0.3, -0.25) is 0 Å². The Morgan fingerprint density at radius 1 is 1.07 bits per heavy atom. The second kappa shape index (κ2) is 8.95. The molecule has 2 rings (SSSR count). The van der Waals surface area contributed by atoms with Gasteiger partial charge in [-0.15, -0.1) is 0 Å². The summed E-state index contributed by atoms with van der Waals surface area (Å²) in [4.78, 5) is 11.6. The number of carbonyl (C=O) groups excluding carboxylic acids is 1. The Morgan fingerprint density at radius 2 is 1.72 bits per heavy atom. The van der Waals surface area contributed by atoms with Crippen molar-refractivity contribution in [1.29, 1.82) is 0 Å². The average Bonchev–Trinajstić information content (AvgIpc) is 2.61. The van der Waals surface area contributed by atoms with E-state index in [9.17, 15) is 13.2 Å². The first kappa shape index (κ1) is 22.2. The standard InChI is InChI=1S/C20H24N2O6S/c1-14-6-9-16(10-7-14)29(24,25)28-17-11-8-15(12-18(17)26-5)13-21-22-19(23)27-20(2,3)4/h6-13H,1-5H3,(H,22,23)/b21-13-.